The van der Waals surface area contributed by atoms with Crippen molar-refractivity contribution in [3.8, 4) is 11.5 Å². The predicted octanol–water partition coefficient (Wildman–Crippen LogP) is 6.48. The van der Waals surface area contributed by atoms with E-state index in [1.54, 1.807) is 25.7 Å². The molecule has 14 heteroatoms. The van der Waals surface area contributed by atoms with Gasteiger partial charge in [-0.2, -0.15) is 0 Å². The Kier molecular flexibility index (Phi) is 10.0. The van der Waals surface area contributed by atoms with Gasteiger partial charge in [-0.05, 0) is 90.8 Å². The third kappa shape index (κ3) is 6.70. The number of para-hydroxylation sites is 4. The minimum Gasteiger partial charge on any atom is -0.482 e. The van der Waals surface area contributed by atoms with Gasteiger partial charge in [0.05, 0.1) is 48.8 Å². The fourth-order valence-corrected chi connectivity index (χ4v) is 13.2. The summed E-state index contributed by atoms with van der Waals surface area (Å²) < 4.78 is 18.6. The fourth-order valence-electron chi connectivity index (χ4n) is 10.6. The summed E-state index contributed by atoms with van der Waals surface area (Å²) in [4.78, 5) is 75.8. The Morgan fingerprint density at radius 3 is 2.03 bits per heavy atom. The number of nitrogens with zero attached hydrogens (tertiary/aromatic N) is 4. The highest BCUT2D eigenvalue weighted by atomic mass is 28.4. The van der Waals surface area contributed by atoms with Crippen LogP contribution in [0.1, 0.15) is 35.6 Å². The van der Waals surface area contributed by atoms with E-state index in [2.05, 4.69) is 0 Å². The third-order valence-corrected chi connectivity index (χ3v) is 15.9. The second-order valence-corrected chi connectivity index (χ2v) is 21.6. The van der Waals surface area contributed by atoms with E-state index in [0.29, 0.717) is 58.5 Å². The maximum Gasteiger partial charge on any atom is 0.269 e. The van der Waals surface area contributed by atoms with Crippen LogP contribution in [0.3, 0.4) is 0 Å². The van der Waals surface area contributed by atoms with Crippen LogP contribution in [0.5, 0.6) is 11.5 Å². The number of carbonyl (C=O) groups excluding carboxylic acids is 4. The molecule has 1 spiro atoms. The summed E-state index contributed by atoms with van der Waals surface area (Å²) in [6.07, 6.45) is -0.451. The summed E-state index contributed by atoms with van der Waals surface area (Å²) in [5.74, 6) is -0.569. The van der Waals surface area contributed by atoms with E-state index < -0.39 is 37.5 Å². The van der Waals surface area contributed by atoms with Crippen molar-refractivity contribution < 1.29 is 43.3 Å². The molecule has 4 amide bonds. The number of benzene rings is 5. The smallest absolute Gasteiger partial charge is 0.269 e. The van der Waals surface area contributed by atoms with Gasteiger partial charge in [0.2, 0.25) is 5.91 Å². The Labute approximate surface area is 366 Å². The highest BCUT2D eigenvalue weighted by Gasteiger charge is 2.66. The van der Waals surface area contributed by atoms with Crippen LogP contribution in [-0.4, -0.2) is 78.7 Å². The number of rotatable bonds is 8. The highest BCUT2D eigenvalue weighted by Crippen LogP contribution is 2.60. The van der Waals surface area contributed by atoms with E-state index in [0.717, 1.165) is 16.7 Å². The molecule has 5 heterocycles. The molecular weight excluding hydrogens is 817 g/mol. The Hall–Kier alpha value is -6.32. The van der Waals surface area contributed by atoms with Crippen LogP contribution in [0.2, 0.25) is 18.6 Å². The standard InChI is InChI=1S/C49H48N4O9Si/c1-30-47(63(2,3)59)43(24-44(55)50-26-33-13-5-4-12-32(33)22-36(50)27-54)62-49(30)37-23-35(53-40-16-7-9-18-42(40)61-29-46(53)57)19-20-38(37)51(48(49)58)25-31-11-10-14-34(21-31)52-39-15-6-8-17-41(39)60-28-45(52)56/h4-21,23,30,36,43,47,54,59H,22,24-29H2,1-3H3/t30-,36+,43+,47-,49+/m1/s1. The van der Waals surface area contributed by atoms with Gasteiger partial charge >= 0.3 is 0 Å². The maximum atomic E-state index is 15.6. The number of hydrogen-bond acceptors (Lipinski definition) is 9. The maximum absolute atomic E-state index is 15.6. The average Bonchev–Trinajstić information content (AvgIpc) is 3.71. The van der Waals surface area contributed by atoms with Crippen molar-refractivity contribution in [3.05, 3.63) is 138 Å². The summed E-state index contributed by atoms with van der Waals surface area (Å²) in [5, 5.41) is 10.5. The Morgan fingerprint density at radius 2 is 1.38 bits per heavy atom. The Bertz CT molecular complexity index is 2690. The number of ether oxygens (including phenoxy) is 3. The first-order valence-corrected chi connectivity index (χ1v) is 24.4. The molecular formula is C49H48N4O9Si. The van der Waals surface area contributed by atoms with Crippen molar-refractivity contribution in [2.75, 3.05) is 34.5 Å². The van der Waals surface area contributed by atoms with Crippen LogP contribution >= 0.6 is 0 Å². The first kappa shape index (κ1) is 40.7. The van der Waals surface area contributed by atoms with Crippen molar-refractivity contribution in [3.63, 3.8) is 0 Å². The van der Waals surface area contributed by atoms with Gasteiger partial charge in [-0.1, -0.05) is 67.6 Å². The minimum atomic E-state index is -3.20. The first-order chi connectivity index (χ1) is 30.4. The van der Waals surface area contributed by atoms with E-state index in [1.165, 1.54) is 0 Å². The van der Waals surface area contributed by atoms with Gasteiger partial charge in [-0.3, -0.25) is 29.0 Å². The summed E-state index contributed by atoms with van der Waals surface area (Å²) in [5.41, 5.74) is 4.04. The molecule has 63 heavy (non-hydrogen) atoms. The quantitative estimate of drug-likeness (QED) is 0.167. The molecule has 0 saturated carbocycles. The van der Waals surface area contributed by atoms with E-state index in [1.807, 2.05) is 129 Å². The third-order valence-electron chi connectivity index (χ3n) is 13.4. The number of carbonyl (C=O) groups is 4. The number of amides is 4. The number of fused-ring (bicyclic) bond motifs is 5. The molecule has 1 saturated heterocycles. The lowest BCUT2D eigenvalue weighted by Crippen LogP contribution is -2.48. The zero-order chi connectivity index (χ0) is 43.8. The van der Waals surface area contributed by atoms with Gasteiger partial charge in [0.25, 0.3) is 17.7 Å². The number of aliphatic hydroxyl groups is 1. The summed E-state index contributed by atoms with van der Waals surface area (Å²) in [6.45, 7) is 5.49. The van der Waals surface area contributed by atoms with Gasteiger partial charge in [0.15, 0.2) is 27.1 Å². The van der Waals surface area contributed by atoms with E-state index in [-0.39, 0.29) is 56.4 Å². The largest absolute Gasteiger partial charge is 0.482 e. The molecule has 5 aliphatic rings. The van der Waals surface area contributed by atoms with Gasteiger partial charge in [0.1, 0.15) is 11.5 Å². The van der Waals surface area contributed by atoms with Crippen LogP contribution in [0.4, 0.5) is 28.4 Å². The molecule has 0 radical (unpaired) electrons. The molecule has 5 atom stereocenters. The zero-order valence-electron chi connectivity index (χ0n) is 35.3. The van der Waals surface area contributed by atoms with Crippen molar-refractivity contribution in [2.45, 2.75) is 69.2 Å². The van der Waals surface area contributed by atoms with Crippen LogP contribution in [0.15, 0.2) is 115 Å². The minimum absolute atomic E-state index is 0.107. The molecule has 5 aliphatic heterocycles. The zero-order valence-corrected chi connectivity index (χ0v) is 36.3. The van der Waals surface area contributed by atoms with E-state index in [9.17, 15) is 24.3 Å². The van der Waals surface area contributed by atoms with E-state index in [4.69, 9.17) is 14.2 Å². The van der Waals surface area contributed by atoms with Crippen molar-refractivity contribution in [1.82, 2.24) is 4.90 Å². The number of anilines is 5. The molecule has 0 aliphatic carbocycles. The fraction of sp³-hybridized carbons (Fsp3) is 0.306. The molecule has 0 bridgehead atoms. The number of hydrogen-bond donors (Lipinski definition) is 2. The van der Waals surface area contributed by atoms with Gasteiger partial charge < -0.3 is 33.9 Å². The second-order valence-electron chi connectivity index (χ2n) is 17.6. The van der Waals surface area contributed by atoms with E-state index >= 15 is 4.79 Å². The predicted molar refractivity (Wildman–Crippen MR) is 238 cm³/mol. The molecule has 5 aromatic rings. The van der Waals surface area contributed by atoms with Gasteiger partial charge in [0, 0.05) is 34.9 Å². The van der Waals surface area contributed by atoms with Crippen LogP contribution < -0.4 is 24.2 Å². The topological polar surface area (TPSA) is 149 Å². The average molecular weight is 865 g/mol. The normalized spacial score (nSPS) is 23.9. The molecule has 13 nitrogen and oxygen atoms in total. The molecule has 2 N–H and O–H groups in total. The SMILES string of the molecule is C[C@@H]1[C@@H]([Si](C)(C)O)[C@H](CC(=O)N2Cc3ccccc3C[C@H]2CO)O[C@@]12C(=O)N(Cc1cccc(N3C(=O)COc4ccccc43)c1)c1ccc(N3C(=O)COc4ccccc43)cc12. The molecule has 10 rings (SSSR count). The Balaban J connectivity index is 1.05. The lowest BCUT2D eigenvalue weighted by molar-refractivity contribution is -0.151. The molecule has 0 unspecified atom stereocenters. The second kappa shape index (κ2) is 15.5. The van der Waals surface area contributed by atoms with Crippen molar-refractivity contribution in [2.24, 2.45) is 5.92 Å². The van der Waals surface area contributed by atoms with Crippen molar-refractivity contribution >= 4 is 60.4 Å². The van der Waals surface area contributed by atoms with Gasteiger partial charge in [-0.15, -0.1) is 0 Å². The molecule has 0 aromatic heterocycles. The number of aliphatic hydroxyl groups excluding tert-OH is 1. The molecule has 322 valence electrons. The molecule has 1 fully saturated rings. The van der Waals surface area contributed by atoms with Crippen molar-refractivity contribution in [1.29, 1.82) is 0 Å². The lowest BCUT2D eigenvalue weighted by atomic mass is 9.82. The van der Waals surface area contributed by atoms with Crippen LogP contribution in [0.25, 0.3) is 0 Å². The summed E-state index contributed by atoms with van der Waals surface area (Å²) >= 11 is 0. The van der Waals surface area contributed by atoms with Crippen LogP contribution in [0, 0.1) is 5.92 Å². The summed E-state index contributed by atoms with van der Waals surface area (Å²) in [7, 11) is -3.20. The highest BCUT2D eigenvalue weighted by molar-refractivity contribution is 6.71. The van der Waals surface area contributed by atoms with Gasteiger partial charge in [-0.25, -0.2) is 0 Å². The Morgan fingerprint density at radius 1 is 0.762 bits per heavy atom. The molecule has 5 aromatic carbocycles. The monoisotopic (exact) mass is 864 g/mol. The first-order valence-electron chi connectivity index (χ1n) is 21.4. The lowest BCUT2D eigenvalue weighted by Gasteiger charge is -2.37. The van der Waals surface area contributed by atoms with Crippen LogP contribution in [-0.2, 0) is 49.0 Å². The summed E-state index contributed by atoms with van der Waals surface area (Å²) in [6, 6.07) is 35.0.